The number of halogens is 1. The van der Waals surface area contributed by atoms with E-state index in [-0.39, 0.29) is 6.10 Å². The van der Waals surface area contributed by atoms with Crippen LogP contribution in [0.15, 0.2) is 0 Å². The van der Waals surface area contributed by atoms with Crippen LogP contribution in [-0.4, -0.2) is 17.8 Å². The fraction of sp³-hybridized carbons (Fsp3) is 0.857. The fourth-order valence-electron chi connectivity index (χ4n) is 0.408. The molecule has 0 N–H and O–H groups in total. The number of carbonyl (C=O) groups is 1. The zero-order valence-corrected chi connectivity index (χ0v) is 7.72. The van der Waals surface area contributed by atoms with Crippen LogP contribution in [-0.2, 0) is 9.47 Å². The molecule has 0 aliphatic heterocycles. The van der Waals surface area contributed by atoms with E-state index in [0.29, 0.717) is 6.42 Å². The van der Waals surface area contributed by atoms with E-state index in [4.69, 9.17) is 11.6 Å². The standard InChI is InChI=1S/C7H13ClO3/c1-4-6(8)11-7(9)10-5(2)3/h5-6H,4H2,1-3H3/t6-/m0/s1. The maximum atomic E-state index is 10.7. The minimum atomic E-state index is -0.707. The molecule has 66 valence electrons. The second kappa shape index (κ2) is 5.24. The Labute approximate surface area is 71.6 Å². The van der Waals surface area contributed by atoms with Crippen molar-refractivity contribution in [1.82, 2.24) is 0 Å². The van der Waals surface area contributed by atoms with E-state index in [1.165, 1.54) is 0 Å². The predicted octanol–water partition coefficient (Wildman–Crippen LogP) is 2.52. The summed E-state index contributed by atoms with van der Waals surface area (Å²) in [5, 5.41) is 0. The summed E-state index contributed by atoms with van der Waals surface area (Å²) < 4.78 is 9.29. The minimum absolute atomic E-state index is 0.164. The van der Waals surface area contributed by atoms with Crippen molar-refractivity contribution in [3.05, 3.63) is 0 Å². The van der Waals surface area contributed by atoms with Crippen LogP contribution in [0.25, 0.3) is 0 Å². The van der Waals surface area contributed by atoms with Gasteiger partial charge in [-0.05, 0) is 20.3 Å². The Bertz CT molecular complexity index is 125. The largest absolute Gasteiger partial charge is 0.510 e. The van der Waals surface area contributed by atoms with E-state index in [1.54, 1.807) is 13.8 Å². The van der Waals surface area contributed by atoms with Crippen molar-refractivity contribution in [2.24, 2.45) is 0 Å². The number of alkyl halides is 1. The lowest BCUT2D eigenvalue weighted by atomic mass is 10.5. The predicted molar refractivity (Wildman–Crippen MR) is 42.6 cm³/mol. The third-order valence-corrected chi connectivity index (χ3v) is 1.27. The minimum Gasteiger partial charge on any atom is -0.432 e. The van der Waals surface area contributed by atoms with Gasteiger partial charge in [0.1, 0.15) is 0 Å². The van der Waals surface area contributed by atoms with Crippen molar-refractivity contribution >= 4 is 17.8 Å². The van der Waals surface area contributed by atoms with Crippen molar-refractivity contribution < 1.29 is 14.3 Å². The van der Waals surface area contributed by atoms with Gasteiger partial charge in [-0.3, -0.25) is 0 Å². The normalized spacial score (nSPS) is 12.8. The van der Waals surface area contributed by atoms with Crippen LogP contribution >= 0.6 is 11.6 Å². The first kappa shape index (κ1) is 10.6. The molecule has 3 nitrogen and oxygen atoms in total. The fourth-order valence-corrected chi connectivity index (χ4v) is 0.481. The number of hydrogen-bond acceptors (Lipinski definition) is 3. The first-order chi connectivity index (χ1) is 5.06. The molecule has 0 saturated carbocycles. The van der Waals surface area contributed by atoms with Gasteiger partial charge in [0.25, 0.3) is 0 Å². The molecule has 0 heterocycles. The molecule has 0 amide bonds. The van der Waals surface area contributed by atoms with E-state index in [9.17, 15) is 4.79 Å². The van der Waals surface area contributed by atoms with Gasteiger partial charge in [-0.15, -0.1) is 0 Å². The van der Waals surface area contributed by atoms with E-state index in [1.807, 2.05) is 6.92 Å². The van der Waals surface area contributed by atoms with Gasteiger partial charge in [0.2, 0.25) is 0 Å². The van der Waals surface area contributed by atoms with Gasteiger partial charge in [0.05, 0.1) is 6.10 Å². The zero-order valence-electron chi connectivity index (χ0n) is 6.96. The van der Waals surface area contributed by atoms with Gasteiger partial charge in [0.15, 0.2) is 5.56 Å². The molecule has 1 atom stereocenters. The van der Waals surface area contributed by atoms with E-state index < -0.39 is 11.7 Å². The molecule has 0 aromatic rings. The summed E-state index contributed by atoms with van der Waals surface area (Å²) in [7, 11) is 0. The van der Waals surface area contributed by atoms with Crippen LogP contribution in [0.5, 0.6) is 0 Å². The van der Waals surface area contributed by atoms with Crippen LogP contribution < -0.4 is 0 Å². The first-order valence-electron chi connectivity index (χ1n) is 3.57. The molecule has 0 radical (unpaired) electrons. The van der Waals surface area contributed by atoms with Gasteiger partial charge in [0, 0.05) is 0 Å². The van der Waals surface area contributed by atoms with Gasteiger partial charge in [-0.1, -0.05) is 18.5 Å². The van der Waals surface area contributed by atoms with Gasteiger partial charge in [-0.2, -0.15) is 0 Å². The third kappa shape index (κ3) is 5.98. The van der Waals surface area contributed by atoms with Gasteiger partial charge in [-0.25, -0.2) is 4.79 Å². The second-order valence-corrected chi connectivity index (χ2v) is 2.84. The molecule has 0 spiro atoms. The Hall–Kier alpha value is -0.440. The highest BCUT2D eigenvalue weighted by Crippen LogP contribution is 2.05. The lowest BCUT2D eigenvalue weighted by Gasteiger charge is -2.10. The molecule has 0 rings (SSSR count). The van der Waals surface area contributed by atoms with Crippen molar-refractivity contribution in [3.8, 4) is 0 Å². The summed E-state index contributed by atoms with van der Waals surface area (Å²) in [5.41, 5.74) is -0.582. The summed E-state index contributed by atoms with van der Waals surface area (Å²) >= 11 is 5.52. The lowest BCUT2D eigenvalue weighted by molar-refractivity contribution is 0.0257. The Morgan fingerprint density at radius 2 is 2.00 bits per heavy atom. The van der Waals surface area contributed by atoms with Crippen LogP contribution in [0.4, 0.5) is 4.79 Å². The van der Waals surface area contributed by atoms with Crippen LogP contribution in [0.1, 0.15) is 27.2 Å². The highest BCUT2D eigenvalue weighted by atomic mass is 35.5. The smallest absolute Gasteiger partial charge is 0.432 e. The highest BCUT2D eigenvalue weighted by molar-refractivity contribution is 6.20. The molecule has 0 fully saturated rings. The highest BCUT2D eigenvalue weighted by Gasteiger charge is 2.11. The molecular formula is C7H13ClO3. The lowest BCUT2D eigenvalue weighted by Crippen LogP contribution is -2.16. The molecular weight excluding hydrogens is 168 g/mol. The Balaban J connectivity index is 3.52. The molecule has 0 aliphatic rings. The quantitative estimate of drug-likeness (QED) is 0.495. The molecule has 0 bridgehead atoms. The van der Waals surface area contributed by atoms with Crippen molar-refractivity contribution in [2.45, 2.75) is 38.9 Å². The second-order valence-electron chi connectivity index (χ2n) is 2.35. The maximum Gasteiger partial charge on any atom is 0.510 e. The molecule has 11 heavy (non-hydrogen) atoms. The third-order valence-electron chi connectivity index (χ3n) is 0.877. The molecule has 0 aromatic heterocycles. The van der Waals surface area contributed by atoms with Crippen molar-refractivity contribution in [2.75, 3.05) is 0 Å². The molecule has 0 unspecified atom stereocenters. The topological polar surface area (TPSA) is 35.5 Å². The monoisotopic (exact) mass is 180 g/mol. The van der Waals surface area contributed by atoms with Gasteiger partial charge < -0.3 is 9.47 Å². The molecule has 4 heteroatoms. The molecule has 0 aromatic carbocycles. The number of carbonyl (C=O) groups excluding carboxylic acids is 1. The number of ether oxygens (including phenoxy) is 2. The number of rotatable bonds is 3. The summed E-state index contributed by atoms with van der Waals surface area (Å²) in [4.78, 5) is 10.7. The van der Waals surface area contributed by atoms with E-state index in [2.05, 4.69) is 9.47 Å². The molecule has 0 aliphatic carbocycles. The van der Waals surface area contributed by atoms with E-state index in [0.717, 1.165) is 0 Å². The van der Waals surface area contributed by atoms with E-state index >= 15 is 0 Å². The summed E-state index contributed by atoms with van der Waals surface area (Å²) in [6.45, 7) is 5.31. The SMILES string of the molecule is CC[C@@H](Cl)OC(=O)OC(C)C. The first-order valence-corrected chi connectivity index (χ1v) is 4.01. The maximum absolute atomic E-state index is 10.7. The van der Waals surface area contributed by atoms with Gasteiger partial charge >= 0.3 is 6.16 Å². The van der Waals surface area contributed by atoms with Crippen LogP contribution in [0.2, 0.25) is 0 Å². The Morgan fingerprint density at radius 1 is 1.45 bits per heavy atom. The Kier molecular flexibility index (Phi) is 5.03. The summed E-state index contributed by atoms with van der Waals surface area (Å²) in [6, 6.07) is 0. The summed E-state index contributed by atoms with van der Waals surface area (Å²) in [5.74, 6) is 0. The average molecular weight is 181 g/mol. The Morgan fingerprint density at radius 3 is 2.36 bits per heavy atom. The average Bonchev–Trinajstić information content (AvgIpc) is 1.85. The van der Waals surface area contributed by atoms with Crippen LogP contribution in [0.3, 0.4) is 0 Å². The summed E-state index contributed by atoms with van der Waals surface area (Å²) in [6.07, 6.45) is -0.292. The van der Waals surface area contributed by atoms with Crippen LogP contribution in [0, 0.1) is 0 Å². The van der Waals surface area contributed by atoms with Crippen molar-refractivity contribution in [3.63, 3.8) is 0 Å². The van der Waals surface area contributed by atoms with Crippen molar-refractivity contribution in [1.29, 1.82) is 0 Å². The zero-order chi connectivity index (χ0) is 8.85. The number of hydrogen-bond donors (Lipinski definition) is 0. The molecule has 0 saturated heterocycles.